The fraction of sp³-hybridized carbons (Fsp3) is 0.158. The molecule has 0 saturated carbocycles. The van der Waals surface area contributed by atoms with Crippen LogP contribution in [-0.4, -0.2) is 17.0 Å². The number of allylic oxidation sites excluding steroid dienone is 2. The molecule has 114 valence electrons. The Kier molecular flexibility index (Phi) is 3.46. The molecule has 0 radical (unpaired) electrons. The van der Waals surface area contributed by atoms with Crippen molar-refractivity contribution in [2.75, 3.05) is 11.9 Å². The summed E-state index contributed by atoms with van der Waals surface area (Å²) in [6.45, 7) is 2.15. The maximum atomic E-state index is 4.66. The van der Waals surface area contributed by atoms with Crippen molar-refractivity contribution in [1.29, 1.82) is 0 Å². The monoisotopic (exact) mass is 319 g/mol. The van der Waals surface area contributed by atoms with Crippen LogP contribution in [0.3, 0.4) is 0 Å². The van der Waals surface area contributed by atoms with Crippen LogP contribution in [0.25, 0.3) is 22.0 Å². The van der Waals surface area contributed by atoms with Crippen LogP contribution in [0, 0.1) is 0 Å². The van der Waals surface area contributed by atoms with Crippen molar-refractivity contribution < 1.29 is 0 Å². The number of aryl methyl sites for hydroxylation is 1. The van der Waals surface area contributed by atoms with Gasteiger partial charge in [0.05, 0.1) is 4.70 Å². The standard InChI is InChI=1S/C19H17N3S/c1-3-13-10-17-19(20-12-13)21-18(23-17)11-14-8-9-22(2)16-7-5-4-6-15(14)16/h4-12H,3H2,1-2H3/b14-11+. The number of rotatable bonds is 2. The first-order valence-corrected chi connectivity index (χ1v) is 8.54. The molecule has 0 saturated heterocycles. The summed E-state index contributed by atoms with van der Waals surface area (Å²) in [5, 5.41) is 1.000. The van der Waals surface area contributed by atoms with Gasteiger partial charge in [-0.15, -0.1) is 11.3 Å². The van der Waals surface area contributed by atoms with E-state index in [1.54, 1.807) is 11.3 Å². The van der Waals surface area contributed by atoms with Crippen molar-refractivity contribution in [2.45, 2.75) is 13.3 Å². The number of hydrogen-bond donors (Lipinski definition) is 0. The minimum absolute atomic E-state index is 0.837. The first kappa shape index (κ1) is 14.2. The fourth-order valence-corrected chi connectivity index (χ4v) is 3.72. The number of fused-ring (bicyclic) bond motifs is 2. The summed E-state index contributed by atoms with van der Waals surface area (Å²) < 4.78 is 1.15. The third-order valence-corrected chi connectivity index (χ3v) is 5.02. The number of para-hydroxylation sites is 1. The summed E-state index contributed by atoms with van der Waals surface area (Å²) in [6.07, 6.45) is 9.30. The molecule has 2 aromatic heterocycles. The molecule has 1 aliphatic heterocycles. The number of anilines is 1. The van der Waals surface area contributed by atoms with Gasteiger partial charge in [0.25, 0.3) is 0 Å². The van der Waals surface area contributed by atoms with E-state index in [1.807, 2.05) is 6.20 Å². The van der Waals surface area contributed by atoms with Gasteiger partial charge < -0.3 is 4.90 Å². The molecule has 4 heteroatoms. The lowest BCUT2D eigenvalue weighted by Crippen LogP contribution is -2.13. The first-order chi connectivity index (χ1) is 11.2. The molecular weight excluding hydrogens is 302 g/mol. The van der Waals surface area contributed by atoms with E-state index >= 15 is 0 Å². The minimum atomic E-state index is 0.837. The van der Waals surface area contributed by atoms with Crippen molar-refractivity contribution in [3.8, 4) is 0 Å². The van der Waals surface area contributed by atoms with Gasteiger partial charge in [-0.25, -0.2) is 9.97 Å². The molecule has 1 aliphatic rings. The van der Waals surface area contributed by atoms with Crippen LogP contribution in [0.4, 0.5) is 5.69 Å². The fourth-order valence-electron chi connectivity index (χ4n) is 2.78. The van der Waals surface area contributed by atoms with Gasteiger partial charge in [0, 0.05) is 30.7 Å². The smallest absolute Gasteiger partial charge is 0.170 e. The Labute approximate surface area is 139 Å². The lowest BCUT2D eigenvalue weighted by atomic mass is 10.0. The number of pyridine rings is 1. The van der Waals surface area contributed by atoms with Gasteiger partial charge in [0.15, 0.2) is 5.65 Å². The predicted octanol–water partition coefficient (Wildman–Crippen LogP) is 4.76. The lowest BCUT2D eigenvalue weighted by Gasteiger charge is -2.23. The molecule has 3 aromatic rings. The zero-order chi connectivity index (χ0) is 15.8. The Bertz CT molecular complexity index is 937. The summed E-state index contributed by atoms with van der Waals surface area (Å²) in [6, 6.07) is 10.6. The zero-order valence-electron chi connectivity index (χ0n) is 13.2. The van der Waals surface area contributed by atoms with Crippen LogP contribution < -0.4 is 4.90 Å². The lowest BCUT2D eigenvalue weighted by molar-refractivity contribution is 1.12. The Morgan fingerprint density at radius 2 is 2.13 bits per heavy atom. The van der Waals surface area contributed by atoms with Crippen LogP contribution in [0.1, 0.15) is 23.1 Å². The quantitative estimate of drug-likeness (QED) is 0.682. The number of thiazole rings is 1. The summed E-state index contributed by atoms with van der Waals surface area (Å²) in [7, 11) is 2.07. The van der Waals surface area contributed by atoms with E-state index in [0.29, 0.717) is 0 Å². The molecule has 0 spiro atoms. The summed E-state index contributed by atoms with van der Waals surface area (Å²) >= 11 is 1.70. The largest absolute Gasteiger partial charge is 0.351 e. The third kappa shape index (κ3) is 2.55. The molecule has 0 aliphatic carbocycles. The second kappa shape index (κ2) is 5.63. The van der Waals surface area contributed by atoms with Crippen molar-refractivity contribution in [3.05, 3.63) is 64.9 Å². The summed E-state index contributed by atoms with van der Waals surface area (Å²) in [5.74, 6) is 0. The highest BCUT2D eigenvalue weighted by Crippen LogP contribution is 2.34. The number of hydrogen-bond acceptors (Lipinski definition) is 4. The van der Waals surface area contributed by atoms with Crippen molar-refractivity contribution in [3.63, 3.8) is 0 Å². The van der Waals surface area contributed by atoms with Crippen molar-refractivity contribution in [1.82, 2.24) is 9.97 Å². The Morgan fingerprint density at radius 3 is 3.00 bits per heavy atom. The van der Waals surface area contributed by atoms with Crippen LogP contribution in [0.5, 0.6) is 0 Å². The third-order valence-electron chi connectivity index (χ3n) is 4.08. The van der Waals surface area contributed by atoms with Gasteiger partial charge in [-0.1, -0.05) is 25.1 Å². The van der Waals surface area contributed by atoms with Crippen LogP contribution in [0.15, 0.2) is 48.8 Å². The highest BCUT2D eigenvalue weighted by Gasteiger charge is 2.13. The van der Waals surface area contributed by atoms with Gasteiger partial charge in [-0.3, -0.25) is 0 Å². The van der Waals surface area contributed by atoms with E-state index in [-0.39, 0.29) is 0 Å². The Morgan fingerprint density at radius 1 is 1.26 bits per heavy atom. The maximum Gasteiger partial charge on any atom is 0.170 e. The van der Waals surface area contributed by atoms with Crippen LogP contribution in [-0.2, 0) is 6.42 Å². The molecule has 3 heterocycles. The molecule has 4 rings (SSSR count). The number of aromatic nitrogens is 2. The SMILES string of the molecule is CCc1cnc2nc(/C=C3\C=CN(C)c4ccccc43)sc2c1. The van der Waals surface area contributed by atoms with E-state index in [4.69, 9.17) is 0 Å². The summed E-state index contributed by atoms with van der Waals surface area (Å²) in [4.78, 5) is 11.3. The van der Waals surface area contributed by atoms with E-state index in [1.165, 1.54) is 22.4 Å². The average Bonchev–Trinajstić information content (AvgIpc) is 2.99. The predicted molar refractivity (Wildman–Crippen MR) is 98.6 cm³/mol. The van der Waals surface area contributed by atoms with E-state index in [0.717, 1.165) is 21.8 Å². The van der Waals surface area contributed by atoms with Crippen molar-refractivity contribution in [2.24, 2.45) is 0 Å². The summed E-state index contributed by atoms with van der Waals surface area (Å²) in [5.41, 5.74) is 5.73. The maximum absolute atomic E-state index is 4.66. The second-order valence-electron chi connectivity index (χ2n) is 5.61. The zero-order valence-corrected chi connectivity index (χ0v) is 14.0. The van der Waals surface area contributed by atoms with Crippen LogP contribution >= 0.6 is 11.3 Å². The molecule has 0 unspecified atom stereocenters. The van der Waals surface area contributed by atoms with Crippen molar-refractivity contribution >= 4 is 39.0 Å². The molecule has 0 amide bonds. The Balaban J connectivity index is 1.80. The molecule has 3 nitrogen and oxygen atoms in total. The molecule has 0 atom stereocenters. The second-order valence-corrected chi connectivity index (χ2v) is 6.68. The van der Waals surface area contributed by atoms with E-state index < -0.39 is 0 Å². The number of nitrogens with zero attached hydrogens (tertiary/aromatic N) is 3. The molecule has 1 aromatic carbocycles. The van der Waals surface area contributed by atoms with Gasteiger partial charge >= 0.3 is 0 Å². The molecule has 0 fully saturated rings. The highest BCUT2D eigenvalue weighted by atomic mass is 32.1. The van der Waals surface area contributed by atoms with Gasteiger partial charge in [0.2, 0.25) is 0 Å². The normalized spacial score (nSPS) is 15.4. The van der Waals surface area contributed by atoms with E-state index in [2.05, 4.69) is 77.5 Å². The minimum Gasteiger partial charge on any atom is -0.351 e. The van der Waals surface area contributed by atoms with Gasteiger partial charge in [-0.2, -0.15) is 0 Å². The molecule has 0 N–H and O–H groups in total. The molecule has 23 heavy (non-hydrogen) atoms. The van der Waals surface area contributed by atoms with Gasteiger partial charge in [-0.05, 0) is 41.8 Å². The van der Waals surface area contributed by atoms with Crippen LogP contribution in [0.2, 0.25) is 0 Å². The molecule has 0 bridgehead atoms. The number of benzene rings is 1. The Hall–Kier alpha value is -2.46. The van der Waals surface area contributed by atoms with Gasteiger partial charge in [0.1, 0.15) is 5.01 Å². The average molecular weight is 319 g/mol. The van der Waals surface area contributed by atoms with E-state index in [9.17, 15) is 0 Å². The highest BCUT2D eigenvalue weighted by molar-refractivity contribution is 7.19. The topological polar surface area (TPSA) is 29.0 Å². The first-order valence-electron chi connectivity index (χ1n) is 7.72. The molecular formula is C19H17N3S.